The Hall–Kier alpha value is -1.02. The maximum absolute atomic E-state index is 5.27. The summed E-state index contributed by atoms with van der Waals surface area (Å²) >= 11 is 0. The predicted octanol–water partition coefficient (Wildman–Crippen LogP) is 3.65. The van der Waals surface area contributed by atoms with E-state index in [4.69, 9.17) is 4.74 Å². The fraction of sp³-hybridized carbons (Fsp3) is 0.625. The number of hydrogen-bond donors (Lipinski definition) is 1. The van der Waals surface area contributed by atoms with Gasteiger partial charge < -0.3 is 10.1 Å². The molecule has 102 valence electrons. The summed E-state index contributed by atoms with van der Waals surface area (Å²) < 4.78 is 5.27. The fourth-order valence-electron chi connectivity index (χ4n) is 1.94. The van der Waals surface area contributed by atoms with Gasteiger partial charge in [0.15, 0.2) is 0 Å². The van der Waals surface area contributed by atoms with Crippen molar-refractivity contribution in [3.63, 3.8) is 0 Å². The normalized spacial score (nSPS) is 13.4. The smallest absolute Gasteiger partial charge is 0.119 e. The molecule has 1 rings (SSSR count). The van der Waals surface area contributed by atoms with E-state index in [1.54, 1.807) is 7.11 Å². The molecule has 0 saturated carbocycles. The van der Waals surface area contributed by atoms with Gasteiger partial charge in [-0.1, -0.05) is 25.5 Å². The second-order valence-corrected chi connectivity index (χ2v) is 5.96. The lowest BCUT2D eigenvalue weighted by Crippen LogP contribution is -2.39. The molecule has 0 fully saturated rings. The maximum Gasteiger partial charge on any atom is 0.119 e. The van der Waals surface area contributed by atoms with E-state index in [9.17, 15) is 0 Å². The first-order valence-electron chi connectivity index (χ1n) is 6.82. The lowest BCUT2D eigenvalue weighted by molar-refractivity contribution is 0.362. The lowest BCUT2D eigenvalue weighted by atomic mass is 9.95. The van der Waals surface area contributed by atoms with Crippen LogP contribution in [-0.2, 0) is 6.42 Å². The highest BCUT2D eigenvalue weighted by Crippen LogP contribution is 2.17. The fourth-order valence-corrected chi connectivity index (χ4v) is 1.94. The van der Waals surface area contributed by atoms with Gasteiger partial charge in [-0.2, -0.15) is 0 Å². The van der Waals surface area contributed by atoms with Gasteiger partial charge in [0.25, 0.3) is 0 Å². The molecule has 0 saturated heterocycles. The van der Waals surface area contributed by atoms with E-state index in [0.717, 1.165) is 18.7 Å². The van der Waals surface area contributed by atoms with Crippen molar-refractivity contribution in [2.75, 3.05) is 13.7 Å². The van der Waals surface area contributed by atoms with Gasteiger partial charge in [0.1, 0.15) is 5.75 Å². The molecule has 0 bridgehead atoms. The molecular formula is C16H27NO. The minimum Gasteiger partial charge on any atom is -0.497 e. The van der Waals surface area contributed by atoms with E-state index >= 15 is 0 Å². The Balaban J connectivity index is 2.56. The molecule has 0 heterocycles. The third kappa shape index (κ3) is 5.54. The van der Waals surface area contributed by atoms with Crippen LogP contribution < -0.4 is 10.1 Å². The summed E-state index contributed by atoms with van der Waals surface area (Å²) in [5.41, 5.74) is 1.55. The molecule has 0 amide bonds. The quantitative estimate of drug-likeness (QED) is 0.831. The number of nitrogens with one attached hydrogen (secondary N) is 1. The van der Waals surface area contributed by atoms with Gasteiger partial charge in [0, 0.05) is 5.54 Å². The first-order chi connectivity index (χ1) is 8.44. The zero-order chi connectivity index (χ0) is 13.6. The zero-order valence-electron chi connectivity index (χ0n) is 12.4. The van der Waals surface area contributed by atoms with Gasteiger partial charge in [-0.05, 0) is 57.4 Å². The second-order valence-electron chi connectivity index (χ2n) is 5.96. The Kier molecular flexibility index (Phi) is 5.67. The zero-order valence-corrected chi connectivity index (χ0v) is 12.4. The molecule has 0 spiro atoms. The summed E-state index contributed by atoms with van der Waals surface area (Å²) in [6, 6.07) is 8.39. The molecule has 0 aromatic heterocycles. The van der Waals surface area contributed by atoms with Gasteiger partial charge in [0.2, 0.25) is 0 Å². The Morgan fingerprint density at radius 2 is 2.00 bits per heavy atom. The van der Waals surface area contributed by atoms with Crippen molar-refractivity contribution in [3.8, 4) is 5.75 Å². The monoisotopic (exact) mass is 249 g/mol. The molecular weight excluding hydrogens is 222 g/mol. The number of benzene rings is 1. The molecule has 0 aliphatic rings. The van der Waals surface area contributed by atoms with Gasteiger partial charge in [-0.15, -0.1) is 0 Å². The summed E-state index contributed by atoms with van der Waals surface area (Å²) in [5, 5.41) is 3.59. The Morgan fingerprint density at radius 3 is 2.56 bits per heavy atom. The Bertz CT molecular complexity index is 354. The minimum absolute atomic E-state index is 0.196. The average molecular weight is 249 g/mol. The van der Waals surface area contributed by atoms with Gasteiger partial charge in [0.05, 0.1) is 7.11 Å². The highest BCUT2D eigenvalue weighted by Gasteiger charge is 2.13. The molecule has 0 aliphatic carbocycles. The van der Waals surface area contributed by atoms with Crippen LogP contribution in [0, 0.1) is 5.92 Å². The average Bonchev–Trinajstić information content (AvgIpc) is 2.33. The standard InChI is InChI=1S/C16H27NO/c1-6-13(12-17-16(2,3)4)10-14-8-7-9-15(11-14)18-5/h7-9,11,13,17H,6,10,12H2,1-5H3. The van der Waals surface area contributed by atoms with Crippen molar-refractivity contribution >= 4 is 0 Å². The van der Waals surface area contributed by atoms with Gasteiger partial charge in [-0.25, -0.2) is 0 Å². The third-order valence-electron chi connectivity index (χ3n) is 3.16. The van der Waals surface area contributed by atoms with Crippen LogP contribution in [0.3, 0.4) is 0 Å². The molecule has 0 aliphatic heterocycles. The van der Waals surface area contributed by atoms with Crippen molar-refractivity contribution in [2.24, 2.45) is 5.92 Å². The van der Waals surface area contributed by atoms with Gasteiger partial charge in [-0.3, -0.25) is 0 Å². The van der Waals surface area contributed by atoms with Crippen LogP contribution in [0.15, 0.2) is 24.3 Å². The molecule has 2 heteroatoms. The first-order valence-corrected chi connectivity index (χ1v) is 6.82. The summed E-state index contributed by atoms with van der Waals surface area (Å²) in [4.78, 5) is 0. The van der Waals surface area contributed by atoms with E-state index in [0.29, 0.717) is 5.92 Å². The third-order valence-corrected chi connectivity index (χ3v) is 3.16. The summed E-state index contributed by atoms with van der Waals surface area (Å²) in [6.07, 6.45) is 2.30. The highest BCUT2D eigenvalue weighted by atomic mass is 16.5. The van der Waals surface area contributed by atoms with Crippen molar-refractivity contribution in [1.82, 2.24) is 5.32 Å². The first kappa shape index (κ1) is 15.0. The Labute approximate surface area is 112 Å². The molecule has 0 radical (unpaired) electrons. The summed E-state index contributed by atoms with van der Waals surface area (Å²) in [6.45, 7) is 9.97. The minimum atomic E-state index is 0.196. The number of ether oxygens (including phenoxy) is 1. The molecule has 1 aromatic carbocycles. The molecule has 18 heavy (non-hydrogen) atoms. The SMILES string of the molecule is CCC(CNC(C)(C)C)Cc1cccc(OC)c1. The van der Waals surface area contributed by atoms with E-state index in [1.165, 1.54) is 12.0 Å². The van der Waals surface area contributed by atoms with Crippen LogP contribution in [0.1, 0.15) is 39.7 Å². The molecule has 2 nitrogen and oxygen atoms in total. The molecule has 1 atom stereocenters. The summed E-state index contributed by atoms with van der Waals surface area (Å²) in [7, 11) is 1.72. The molecule has 1 N–H and O–H groups in total. The van der Waals surface area contributed by atoms with E-state index < -0.39 is 0 Å². The highest BCUT2D eigenvalue weighted by molar-refractivity contribution is 5.28. The number of hydrogen-bond acceptors (Lipinski definition) is 2. The lowest BCUT2D eigenvalue weighted by Gasteiger charge is -2.25. The van der Waals surface area contributed by atoms with Crippen molar-refractivity contribution in [1.29, 1.82) is 0 Å². The number of rotatable bonds is 6. The van der Waals surface area contributed by atoms with E-state index in [-0.39, 0.29) is 5.54 Å². The topological polar surface area (TPSA) is 21.3 Å². The Morgan fingerprint density at radius 1 is 1.28 bits per heavy atom. The van der Waals surface area contributed by atoms with Crippen molar-refractivity contribution < 1.29 is 4.74 Å². The van der Waals surface area contributed by atoms with Crippen LogP contribution in [0.5, 0.6) is 5.75 Å². The van der Waals surface area contributed by atoms with E-state index in [1.807, 2.05) is 6.07 Å². The van der Waals surface area contributed by atoms with Crippen molar-refractivity contribution in [3.05, 3.63) is 29.8 Å². The van der Waals surface area contributed by atoms with Crippen LogP contribution in [0.25, 0.3) is 0 Å². The van der Waals surface area contributed by atoms with Crippen LogP contribution in [-0.4, -0.2) is 19.2 Å². The molecule has 1 aromatic rings. The van der Waals surface area contributed by atoms with E-state index in [2.05, 4.69) is 51.2 Å². The number of methoxy groups -OCH3 is 1. The van der Waals surface area contributed by atoms with Crippen LogP contribution >= 0.6 is 0 Å². The largest absolute Gasteiger partial charge is 0.497 e. The second kappa shape index (κ2) is 6.79. The molecule has 1 unspecified atom stereocenters. The predicted molar refractivity (Wildman–Crippen MR) is 78.2 cm³/mol. The van der Waals surface area contributed by atoms with Gasteiger partial charge >= 0.3 is 0 Å². The van der Waals surface area contributed by atoms with Crippen LogP contribution in [0.4, 0.5) is 0 Å². The maximum atomic E-state index is 5.27. The van der Waals surface area contributed by atoms with Crippen molar-refractivity contribution in [2.45, 2.75) is 46.1 Å². The van der Waals surface area contributed by atoms with Crippen LogP contribution in [0.2, 0.25) is 0 Å². The summed E-state index contributed by atoms with van der Waals surface area (Å²) in [5.74, 6) is 1.63.